The number of fused-ring (bicyclic) bond motifs is 1. The molecule has 0 aliphatic rings. The summed E-state index contributed by atoms with van der Waals surface area (Å²) in [6.07, 6.45) is 0. The van der Waals surface area contributed by atoms with Crippen molar-refractivity contribution >= 4 is 80.8 Å². The fourth-order valence-corrected chi connectivity index (χ4v) is 10.5. The van der Waals surface area contributed by atoms with Crippen LogP contribution in [0.2, 0.25) is 10.0 Å². The summed E-state index contributed by atoms with van der Waals surface area (Å²) in [5, 5.41) is 59.1. The molecule has 0 unspecified atom stereocenters. The molecule has 0 aliphatic carbocycles. The SMILES string of the molecule is O=S(=O)(c1cc(Cl)ccc1O)c1cc(Cl)ccc1O.O=[N+]([O-])c1ccc(S(=O)(=O)Cc2ccccc2)c([N+](=O)[O-])c1.O=[N+]([O-])c1ccc(S(=O)(=O)Cc2ccccc2)c2nonc12. The normalized spacial score (nSPS) is 11.4. The van der Waals surface area contributed by atoms with Crippen molar-refractivity contribution in [1.82, 2.24) is 10.3 Å². The lowest BCUT2D eigenvalue weighted by Gasteiger charge is -2.09. The minimum Gasteiger partial charge on any atom is -0.507 e. The van der Waals surface area contributed by atoms with Gasteiger partial charge in [0.25, 0.3) is 11.4 Å². The molecule has 7 aromatic rings. The third kappa shape index (κ3) is 11.3. The second-order valence-corrected chi connectivity index (χ2v) is 19.4. The maximum absolute atomic E-state index is 12.5. The van der Waals surface area contributed by atoms with Gasteiger partial charge in [0, 0.05) is 22.2 Å². The highest BCUT2D eigenvalue weighted by molar-refractivity contribution is 7.92. The van der Waals surface area contributed by atoms with Gasteiger partial charge in [-0.15, -0.1) is 0 Å². The van der Waals surface area contributed by atoms with Gasteiger partial charge in [0.05, 0.1) is 37.2 Å². The number of aromatic nitrogens is 2. The number of sulfone groups is 3. The average molecular weight is 961 g/mol. The van der Waals surface area contributed by atoms with E-state index in [2.05, 4.69) is 14.9 Å². The van der Waals surface area contributed by atoms with Crippen LogP contribution in [0.1, 0.15) is 11.1 Å². The van der Waals surface area contributed by atoms with E-state index in [0.717, 1.165) is 48.5 Å². The quantitative estimate of drug-likeness (QED) is 0.0921. The van der Waals surface area contributed by atoms with E-state index in [-0.39, 0.29) is 37.4 Å². The summed E-state index contributed by atoms with van der Waals surface area (Å²) >= 11 is 11.4. The summed E-state index contributed by atoms with van der Waals surface area (Å²) in [7, 11) is -11.8. The number of nitro benzene ring substituents is 3. The molecule has 0 fully saturated rings. The van der Waals surface area contributed by atoms with E-state index < -0.39 is 87.6 Å². The first-order valence-corrected chi connectivity index (χ1v) is 22.7. The molecular weight excluding hydrogens is 934 g/mol. The summed E-state index contributed by atoms with van der Waals surface area (Å²) in [6, 6.07) is 28.7. The molecule has 1 aromatic heterocycles. The molecule has 7 rings (SSSR count). The van der Waals surface area contributed by atoms with Gasteiger partial charge in [-0.25, -0.2) is 29.9 Å². The fourth-order valence-electron chi connectivity index (χ4n) is 5.52. The van der Waals surface area contributed by atoms with E-state index in [1.807, 2.05) is 0 Å². The van der Waals surface area contributed by atoms with Gasteiger partial charge in [-0.3, -0.25) is 30.3 Å². The minimum atomic E-state index is -4.11. The molecule has 0 amide bonds. The molecule has 1 heterocycles. The van der Waals surface area contributed by atoms with E-state index in [4.69, 9.17) is 23.2 Å². The van der Waals surface area contributed by atoms with Crippen molar-refractivity contribution in [2.75, 3.05) is 0 Å². The number of rotatable bonds is 11. The Labute approximate surface area is 365 Å². The van der Waals surface area contributed by atoms with Gasteiger partial charge in [0.15, 0.2) is 25.2 Å². The molecule has 20 nitrogen and oxygen atoms in total. The molecule has 0 spiro atoms. The standard InChI is InChI=1S/C13H9N3O5S.C13H10N2O6S.C12H8Cl2O4S/c17-16(18)10-6-7-11(13-12(10)14-21-15-13)22(19,20)8-9-4-2-1-3-5-9;16-14(17)11-6-7-13(12(8-11)15(18)19)22(20,21)9-10-4-2-1-3-5-10;13-7-1-3-9(15)11(5-7)19(17,18)12-6-8(14)2-4-10(12)16/h1-7H,8H2;1-8H,9H2;1-6,15-16H. The molecule has 0 radical (unpaired) electrons. The average Bonchev–Trinajstić information content (AvgIpc) is 3.73. The minimum absolute atomic E-state index is 0.134. The maximum Gasteiger partial charge on any atom is 0.300 e. The molecule has 0 atom stereocenters. The Morgan fingerprint density at radius 3 is 1.41 bits per heavy atom. The zero-order chi connectivity index (χ0) is 46.3. The van der Waals surface area contributed by atoms with Gasteiger partial charge >= 0.3 is 5.69 Å². The van der Waals surface area contributed by atoms with Crippen LogP contribution in [-0.2, 0) is 41.0 Å². The van der Waals surface area contributed by atoms with Crippen LogP contribution < -0.4 is 0 Å². The molecular formula is C38H27Cl2N5O15S3. The van der Waals surface area contributed by atoms with Gasteiger partial charge in [0.2, 0.25) is 15.4 Å². The Hall–Kier alpha value is -7.05. The van der Waals surface area contributed by atoms with Crippen LogP contribution in [0.15, 0.2) is 152 Å². The number of hydrogen-bond acceptors (Lipinski definition) is 17. The second-order valence-electron chi connectivity index (χ2n) is 12.7. The largest absolute Gasteiger partial charge is 0.507 e. The van der Waals surface area contributed by atoms with Gasteiger partial charge in [-0.2, -0.15) is 0 Å². The number of phenolic OH excluding ortho intramolecular Hbond substituents is 2. The third-order valence-corrected chi connectivity index (χ3v) is 14.1. The number of phenols is 2. The van der Waals surface area contributed by atoms with Crippen LogP contribution in [0, 0.1) is 30.3 Å². The molecule has 326 valence electrons. The summed E-state index contributed by atoms with van der Waals surface area (Å²) in [6.45, 7) is 0. The molecule has 0 aliphatic heterocycles. The number of nitro groups is 3. The van der Waals surface area contributed by atoms with Crippen LogP contribution in [0.25, 0.3) is 11.0 Å². The van der Waals surface area contributed by atoms with Crippen molar-refractivity contribution in [3.63, 3.8) is 0 Å². The van der Waals surface area contributed by atoms with Crippen LogP contribution in [0.4, 0.5) is 17.1 Å². The molecule has 2 N–H and O–H groups in total. The second kappa shape index (κ2) is 19.3. The first-order valence-electron chi connectivity index (χ1n) is 17.2. The number of aromatic hydroxyl groups is 2. The van der Waals surface area contributed by atoms with Crippen molar-refractivity contribution in [3.05, 3.63) is 179 Å². The summed E-state index contributed by atoms with van der Waals surface area (Å²) in [5.41, 5.74) is -0.935. The van der Waals surface area contributed by atoms with E-state index in [1.165, 1.54) is 12.1 Å². The zero-order valence-corrected chi connectivity index (χ0v) is 35.4. The topological polar surface area (TPSA) is 311 Å². The number of non-ortho nitro benzene ring substituents is 2. The van der Waals surface area contributed by atoms with E-state index in [0.29, 0.717) is 17.2 Å². The van der Waals surface area contributed by atoms with E-state index in [1.54, 1.807) is 60.7 Å². The zero-order valence-electron chi connectivity index (χ0n) is 31.5. The van der Waals surface area contributed by atoms with Gasteiger partial charge < -0.3 is 10.2 Å². The number of benzene rings is 6. The van der Waals surface area contributed by atoms with Crippen molar-refractivity contribution in [1.29, 1.82) is 0 Å². The summed E-state index contributed by atoms with van der Waals surface area (Å²) in [4.78, 5) is 28.7. The first kappa shape index (κ1) is 47.0. The van der Waals surface area contributed by atoms with Crippen LogP contribution in [0.3, 0.4) is 0 Å². The van der Waals surface area contributed by atoms with Crippen LogP contribution in [-0.4, -0.2) is 60.5 Å². The van der Waals surface area contributed by atoms with Gasteiger partial charge in [0.1, 0.15) is 26.2 Å². The van der Waals surface area contributed by atoms with E-state index >= 15 is 0 Å². The van der Waals surface area contributed by atoms with Crippen molar-refractivity contribution in [3.8, 4) is 11.5 Å². The predicted molar refractivity (Wildman–Crippen MR) is 225 cm³/mol. The Bertz CT molecular complexity index is 3150. The van der Waals surface area contributed by atoms with Crippen molar-refractivity contribution in [2.45, 2.75) is 31.1 Å². The highest BCUT2D eigenvalue weighted by atomic mass is 35.5. The van der Waals surface area contributed by atoms with E-state index in [9.17, 15) is 65.8 Å². The fraction of sp³-hybridized carbons (Fsp3) is 0.0526. The monoisotopic (exact) mass is 959 g/mol. The highest BCUT2D eigenvalue weighted by Crippen LogP contribution is 2.36. The lowest BCUT2D eigenvalue weighted by Crippen LogP contribution is -2.08. The molecule has 6 aromatic carbocycles. The molecule has 0 saturated carbocycles. The maximum atomic E-state index is 12.5. The Balaban J connectivity index is 0.000000179. The van der Waals surface area contributed by atoms with Crippen molar-refractivity contribution < 1.29 is 54.9 Å². The highest BCUT2D eigenvalue weighted by Gasteiger charge is 2.30. The third-order valence-electron chi connectivity index (χ3n) is 8.40. The predicted octanol–water partition coefficient (Wildman–Crippen LogP) is 7.82. The van der Waals surface area contributed by atoms with Gasteiger partial charge in [-0.1, -0.05) is 83.9 Å². The van der Waals surface area contributed by atoms with Gasteiger partial charge in [-0.05, 0) is 70.0 Å². The number of nitrogens with zero attached hydrogens (tertiary/aromatic N) is 5. The van der Waals surface area contributed by atoms with Crippen molar-refractivity contribution in [2.24, 2.45) is 0 Å². The number of halogens is 2. The Kier molecular flexibility index (Phi) is 14.4. The first-order chi connectivity index (χ1) is 29.6. The van der Waals surface area contributed by atoms with Crippen LogP contribution in [0.5, 0.6) is 11.5 Å². The smallest absolute Gasteiger partial charge is 0.300 e. The summed E-state index contributed by atoms with van der Waals surface area (Å²) < 4.78 is 78.9. The molecule has 0 bridgehead atoms. The summed E-state index contributed by atoms with van der Waals surface area (Å²) in [5.74, 6) is -1.58. The lowest BCUT2D eigenvalue weighted by atomic mass is 10.2. The molecule has 63 heavy (non-hydrogen) atoms. The Morgan fingerprint density at radius 1 is 0.508 bits per heavy atom. The molecule has 25 heteroatoms. The van der Waals surface area contributed by atoms with Crippen LogP contribution >= 0.6 is 23.2 Å². The Morgan fingerprint density at radius 2 is 0.952 bits per heavy atom. The molecule has 0 saturated heterocycles. The number of hydrogen-bond donors (Lipinski definition) is 2. The lowest BCUT2D eigenvalue weighted by molar-refractivity contribution is -0.396.